The quantitative estimate of drug-likeness (QED) is 0.781. The molecule has 0 saturated carbocycles. The van der Waals surface area contributed by atoms with Gasteiger partial charge in [0.2, 0.25) is 0 Å². The number of benzene rings is 1. The summed E-state index contributed by atoms with van der Waals surface area (Å²) in [5, 5.41) is 0.655. The van der Waals surface area contributed by atoms with Crippen molar-refractivity contribution in [1.29, 1.82) is 0 Å². The summed E-state index contributed by atoms with van der Waals surface area (Å²) < 4.78 is 5.06. The maximum atomic E-state index is 6.01. The van der Waals surface area contributed by atoms with Crippen molar-refractivity contribution in [3.8, 4) is 5.75 Å². The molecule has 1 rings (SSSR count). The average molecular weight is 231 g/mol. The van der Waals surface area contributed by atoms with Crippen LogP contribution in [0.5, 0.6) is 5.75 Å². The Morgan fingerprint density at radius 2 is 2.07 bits per heavy atom. The second-order valence-corrected chi connectivity index (χ2v) is 5.58. The third-order valence-electron chi connectivity index (χ3n) is 1.85. The largest absolute Gasteiger partial charge is 0.495 e. The smallest absolute Gasteiger partial charge is 0.137 e. The summed E-state index contributed by atoms with van der Waals surface area (Å²) >= 11 is 10.5. The maximum Gasteiger partial charge on any atom is 0.137 e. The van der Waals surface area contributed by atoms with Gasteiger partial charge in [0.25, 0.3) is 0 Å². The summed E-state index contributed by atoms with van der Waals surface area (Å²) in [5.74, 6) is 0.715. The van der Waals surface area contributed by atoms with E-state index in [2.05, 4.69) is 26.5 Å². The fourth-order valence-electron chi connectivity index (χ4n) is 1.32. The first kappa shape index (κ1) is 11.7. The van der Waals surface area contributed by atoms with E-state index in [1.54, 1.807) is 7.11 Å². The number of methoxy groups -OCH3 is 1. The van der Waals surface area contributed by atoms with Crippen LogP contribution >= 0.6 is 24.2 Å². The van der Waals surface area contributed by atoms with Crippen molar-refractivity contribution in [2.24, 2.45) is 0 Å². The van der Waals surface area contributed by atoms with E-state index in [4.69, 9.17) is 16.3 Å². The van der Waals surface area contributed by atoms with E-state index in [0.29, 0.717) is 10.8 Å². The Morgan fingerprint density at radius 3 is 2.50 bits per heavy atom. The van der Waals surface area contributed by atoms with Crippen molar-refractivity contribution in [2.75, 3.05) is 7.11 Å². The molecule has 0 spiro atoms. The van der Waals surface area contributed by atoms with Crippen molar-refractivity contribution in [3.05, 3.63) is 28.8 Å². The van der Waals surface area contributed by atoms with Gasteiger partial charge in [0.05, 0.1) is 12.1 Å². The number of thiol groups is 1. The standard InChI is InChI=1S/C11H15ClOS/c1-11(2,14)7-8-4-5-10(13-3)9(12)6-8/h4-6,14H,7H2,1-3H3. The molecular formula is C11H15ClOS. The molecule has 0 radical (unpaired) electrons. The molecule has 0 unspecified atom stereocenters. The lowest BCUT2D eigenvalue weighted by Crippen LogP contribution is -2.14. The molecule has 0 atom stereocenters. The number of hydrogen-bond donors (Lipinski definition) is 1. The van der Waals surface area contributed by atoms with Crippen molar-refractivity contribution in [2.45, 2.75) is 25.0 Å². The first-order chi connectivity index (χ1) is 6.42. The average Bonchev–Trinajstić information content (AvgIpc) is 2.01. The van der Waals surface area contributed by atoms with E-state index in [0.717, 1.165) is 6.42 Å². The minimum atomic E-state index is -0.0160. The Labute approximate surface area is 95.8 Å². The maximum absolute atomic E-state index is 6.01. The molecule has 0 aliphatic heterocycles. The summed E-state index contributed by atoms with van der Waals surface area (Å²) in [6.07, 6.45) is 0.889. The van der Waals surface area contributed by atoms with Gasteiger partial charge in [-0.2, -0.15) is 12.6 Å². The van der Waals surface area contributed by atoms with Crippen LogP contribution in [0.2, 0.25) is 5.02 Å². The lowest BCUT2D eigenvalue weighted by atomic mass is 10.0. The highest BCUT2D eigenvalue weighted by molar-refractivity contribution is 7.81. The number of ether oxygens (including phenoxy) is 1. The van der Waals surface area contributed by atoms with E-state index < -0.39 is 0 Å². The molecule has 3 heteroatoms. The molecule has 0 fully saturated rings. The monoisotopic (exact) mass is 230 g/mol. The van der Waals surface area contributed by atoms with Crippen molar-refractivity contribution >= 4 is 24.2 Å². The zero-order valence-corrected chi connectivity index (χ0v) is 10.3. The lowest BCUT2D eigenvalue weighted by Gasteiger charge is -2.17. The fourth-order valence-corrected chi connectivity index (χ4v) is 1.78. The molecule has 0 aliphatic carbocycles. The molecule has 0 aliphatic rings. The summed E-state index contributed by atoms with van der Waals surface area (Å²) in [6.45, 7) is 4.16. The Bertz CT molecular complexity index is 318. The van der Waals surface area contributed by atoms with Gasteiger partial charge in [0, 0.05) is 4.75 Å². The summed E-state index contributed by atoms with van der Waals surface area (Å²) in [4.78, 5) is 0. The molecule has 1 aromatic carbocycles. The van der Waals surface area contributed by atoms with Crippen LogP contribution < -0.4 is 4.74 Å². The van der Waals surface area contributed by atoms with Gasteiger partial charge < -0.3 is 4.74 Å². The zero-order chi connectivity index (χ0) is 10.8. The molecule has 78 valence electrons. The highest BCUT2D eigenvalue weighted by Crippen LogP contribution is 2.27. The first-order valence-corrected chi connectivity index (χ1v) is 5.30. The Hall–Kier alpha value is -0.340. The SMILES string of the molecule is COc1ccc(CC(C)(C)S)cc1Cl. The molecule has 0 amide bonds. The van der Waals surface area contributed by atoms with Crippen LogP contribution in [0.1, 0.15) is 19.4 Å². The third-order valence-corrected chi connectivity index (χ3v) is 2.31. The predicted octanol–water partition coefficient (Wildman–Crippen LogP) is 3.60. The van der Waals surface area contributed by atoms with Gasteiger partial charge in [-0.15, -0.1) is 0 Å². The Kier molecular flexibility index (Phi) is 3.73. The summed E-state index contributed by atoms with van der Waals surface area (Å²) in [6, 6.07) is 5.83. The minimum absolute atomic E-state index is 0.0160. The van der Waals surface area contributed by atoms with Gasteiger partial charge in [-0.05, 0) is 24.1 Å². The summed E-state index contributed by atoms with van der Waals surface area (Å²) in [5.41, 5.74) is 1.18. The fraction of sp³-hybridized carbons (Fsp3) is 0.455. The van der Waals surface area contributed by atoms with Gasteiger partial charge in [-0.25, -0.2) is 0 Å². The van der Waals surface area contributed by atoms with Crippen LogP contribution in [0.15, 0.2) is 18.2 Å². The lowest BCUT2D eigenvalue weighted by molar-refractivity contribution is 0.415. The molecule has 1 nitrogen and oxygen atoms in total. The third kappa shape index (κ3) is 3.43. The predicted molar refractivity (Wildman–Crippen MR) is 64.8 cm³/mol. The van der Waals surface area contributed by atoms with Gasteiger partial charge in [-0.3, -0.25) is 0 Å². The van der Waals surface area contributed by atoms with Crippen LogP contribution in [0.3, 0.4) is 0 Å². The van der Waals surface area contributed by atoms with E-state index in [9.17, 15) is 0 Å². The molecule has 1 aromatic rings. The van der Waals surface area contributed by atoms with Crippen LogP contribution in [-0.4, -0.2) is 11.9 Å². The minimum Gasteiger partial charge on any atom is -0.495 e. The van der Waals surface area contributed by atoms with Crippen molar-refractivity contribution in [3.63, 3.8) is 0 Å². The Morgan fingerprint density at radius 1 is 1.43 bits per heavy atom. The van der Waals surface area contributed by atoms with Crippen LogP contribution in [0, 0.1) is 0 Å². The molecule has 0 aromatic heterocycles. The van der Waals surface area contributed by atoms with Gasteiger partial charge >= 0.3 is 0 Å². The van der Waals surface area contributed by atoms with Gasteiger partial charge in [0.15, 0.2) is 0 Å². The van der Waals surface area contributed by atoms with Gasteiger partial charge in [-0.1, -0.05) is 31.5 Å². The molecule has 0 bridgehead atoms. The van der Waals surface area contributed by atoms with E-state index in [1.807, 2.05) is 18.2 Å². The second kappa shape index (κ2) is 4.45. The first-order valence-electron chi connectivity index (χ1n) is 4.47. The number of rotatable bonds is 3. The zero-order valence-electron chi connectivity index (χ0n) is 8.67. The second-order valence-electron chi connectivity index (χ2n) is 3.96. The topological polar surface area (TPSA) is 9.23 Å². The van der Waals surface area contributed by atoms with E-state index >= 15 is 0 Å². The van der Waals surface area contributed by atoms with Crippen LogP contribution in [0.4, 0.5) is 0 Å². The highest BCUT2D eigenvalue weighted by atomic mass is 35.5. The highest BCUT2D eigenvalue weighted by Gasteiger charge is 2.13. The van der Waals surface area contributed by atoms with Crippen LogP contribution in [-0.2, 0) is 6.42 Å². The molecular weight excluding hydrogens is 216 g/mol. The van der Waals surface area contributed by atoms with Gasteiger partial charge in [0.1, 0.15) is 5.75 Å². The Balaban J connectivity index is 2.87. The van der Waals surface area contributed by atoms with Crippen molar-refractivity contribution < 1.29 is 4.74 Å². The van der Waals surface area contributed by atoms with Crippen LogP contribution in [0.25, 0.3) is 0 Å². The molecule has 0 heterocycles. The normalized spacial score (nSPS) is 11.5. The van der Waals surface area contributed by atoms with E-state index in [1.165, 1.54) is 5.56 Å². The molecule has 0 N–H and O–H groups in total. The van der Waals surface area contributed by atoms with E-state index in [-0.39, 0.29) is 4.75 Å². The molecule has 14 heavy (non-hydrogen) atoms. The summed E-state index contributed by atoms with van der Waals surface area (Å²) in [7, 11) is 1.61. The number of hydrogen-bond acceptors (Lipinski definition) is 2. The molecule has 0 saturated heterocycles. The van der Waals surface area contributed by atoms with Crippen molar-refractivity contribution in [1.82, 2.24) is 0 Å². The number of halogens is 1.